The molecule has 3 heteroatoms. The highest BCUT2D eigenvalue weighted by molar-refractivity contribution is 6.37. The summed E-state index contributed by atoms with van der Waals surface area (Å²) in [7, 11) is 0. The molecular formula is C9H11NO2. The normalized spacial score (nSPS) is 27.5. The van der Waals surface area contributed by atoms with Crippen LogP contribution in [0.2, 0.25) is 0 Å². The van der Waals surface area contributed by atoms with Gasteiger partial charge in [-0.1, -0.05) is 6.08 Å². The Morgan fingerprint density at radius 3 is 3.17 bits per heavy atom. The van der Waals surface area contributed by atoms with Crippen molar-refractivity contribution >= 4 is 11.7 Å². The van der Waals surface area contributed by atoms with Crippen molar-refractivity contribution in [3.8, 4) is 0 Å². The summed E-state index contributed by atoms with van der Waals surface area (Å²) in [5.41, 5.74) is 1.56. The van der Waals surface area contributed by atoms with Crippen LogP contribution in [-0.2, 0) is 4.79 Å². The van der Waals surface area contributed by atoms with Crippen molar-refractivity contribution < 1.29 is 9.90 Å². The van der Waals surface area contributed by atoms with E-state index >= 15 is 0 Å². The zero-order valence-electron chi connectivity index (χ0n) is 6.79. The predicted molar refractivity (Wildman–Crippen MR) is 45.4 cm³/mol. The Bertz CT molecular complexity index is 278. The van der Waals surface area contributed by atoms with Crippen molar-refractivity contribution in [1.29, 1.82) is 0 Å². The lowest BCUT2D eigenvalue weighted by Crippen LogP contribution is -2.09. The van der Waals surface area contributed by atoms with Gasteiger partial charge < -0.3 is 5.11 Å². The quantitative estimate of drug-likeness (QED) is 0.597. The van der Waals surface area contributed by atoms with Crippen molar-refractivity contribution in [2.24, 2.45) is 4.99 Å². The van der Waals surface area contributed by atoms with Crippen LogP contribution in [0.1, 0.15) is 25.7 Å². The number of aliphatic carboxylic acids is 1. The van der Waals surface area contributed by atoms with Crippen molar-refractivity contribution in [3.05, 3.63) is 11.6 Å². The van der Waals surface area contributed by atoms with Gasteiger partial charge in [0.2, 0.25) is 0 Å². The number of allylic oxidation sites excluding steroid dienone is 1. The molecule has 1 heterocycles. The average molecular weight is 165 g/mol. The minimum atomic E-state index is -0.856. The van der Waals surface area contributed by atoms with E-state index in [1.54, 1.807) is 0 Å². The third-order valence-electron chi connectivity index (χ3n) is 2.45. The third-order valence-corrected chi connectivity index (χ3v) is 2.45. The van der Waals surface area contributed by atoms with Gasteiger partial charge >= 0.3 is 5.97 Å². The van der Waals surface area contributed by atoms with Crippen LogP contribution < -0.4 is 0 Å². The lowest BCUT2D eigenvalue weighted by atomic mass is 9.94. The molecule has 1 aliphatic carbocycles. The Morgan fingerprint density at radius 1 is 1.67 bits per heavy atom. The molecule has 1 aliphatic heterocycles. The van der Waals surface area contributed by atoms with Crippen molar-refractivity contribution in [3.63, 3.8) is 0 Å². The summed E-state index contributed by atoms with van der Waals surface area (Å²) in [5, 5.41) is 8.70. The zero-order valence-corrected chi connectivity index (χ0v) is 6.79. The fraction of sp³-hybridized carbons (Fsp3) is 0.556. The van der Waals surface area contributed by atoms with E-state index < -0.39 is 5.97 Å². The number of rotatable bonds is 1. The van der Waals surface area contributed by atoms with Gasteiger partial charge in [-0.15, -0.1) is 0 Å². The first-order chi connectivity index (χ1) is 5.77. The zero-order chi connectivity index (χ0) is 8.55. The van der Waals surface area contributed by atoms with Gasteiger partial charge in [-0.25, -0.2) is 4.79 Å². The number of hydrogen-bond donors (Lipinski definition) is 1. The summed E-state index contributed by atoms with van der Waals surface area (Å²) in [4.78, 5) is 14.7. The number of hydrogen-bond acceptors (Lipinski definition) is 2. The molecule has 0 saturated carbocycles. The van der Waals surface area contributed by atoms with Crippen LogP contribution in [0.3, 0.4) is 0 Å². The minimum absolute atomic E-state index is 0.199. The second-order valence-corrected chi connectivity index (χ2v) is 3.28. The van der Waals surface area contributed by atoms with Crippen molar-refractivity contribution in [2.75, 3.05) is 0 Å². The summed E-state index contributed by atoms with van der Waals surface area (Å²) >= 11 is 0. The number of carboxylic acids is 1. The first kappa shape index (κ1) is 7.53. The van der Waals surface area contributed by atoms with Crippen LogP contribution in [0.25, 0.3) is 0 Å². The molecule has 0 fully saturated rings. The maximum Gasteiger partial charge on any atom is 0.350 e. The van der Waals surface area contributed by atoms with E-state index in [0.717, 1.165) is 19.3 Å². The first-order valence-electron chi connectivity index (χ1n) is 4.26. The molecule has 0 spiro atoms. The molecule has 64 valence electrons. The first-order valence-corrected chi connectivity index (χ1v) is 4.26. The Balaban J connectivity index is 2.21. The molecule has 0 radical (unpaired) electrons. The Morgan fingerprint density at radius 2 is 2.50 bits per heavy atom. The molecule has 0 amide bonds. The standard InChI is InChI=1S/C9H11NO2/c11-9(12)8-5-6-3-1-2-4-7(6)10-8/h3,7H,1-2,4-5H2,(H,11,12). The molecule has 1 atom stereocenters. The molecule has 1 N–H and O–H groups in total. The van der Waals surface area contributed by atoms with Crippen LogP contribution in [-0.4, -0.2) is 22.8 Å². The number of nitrogens with zero attached hydrogens (tertiary/aromatic N) is 1. The molecule has 0 bridgehead atoms. The largest absolute Gasteiger partial charge is 0.477 e. The molecule has 0 aromatic rings. The molecule has 0 aromatic carbocycles. The fourth-order valence-electron chi connectivity index (χ4n) is 1.82. The topological polar surface area (TPSA) is 49.7 Å². The second kappa shape index (κ2) is 2.73. The summed E-state index contributed by atoms with van der Waals surface area (Å²) < 4.78 is 0. The fourth-order valence-corrected chi connectivity index (χ4v) is 1.82. The van der Waals surface area contributed by atoms with Crippen LogP contribution >= 0.6 is 0 Å². The SMILES string of the molecule is O=C(O)C1=NC2CCCC=C2C1. The Labute approximate surface area is 70.8 Å². The van der Waals surface area contributed by atoms with Gasteiger partial charge in [-0.3, -0.25) is 4.99 Å². The third kappa shape index (κ3) is 1.15. The van der Waals surface area contributed by atoms with E-state index in [0.29, 0.717) is 12.1 Å². The van der Waals surface area contributed by atoms with Crippen molar-refractivity contribution in [1.82, 2.24) is 0 Å². The van der Waals surface area contributed by atoms with E-state index in [-0.39, 0.29) is 6.04 Å². The van der Waals surface area contributed by atoms with Crippen LogP contribution in [0, 0.1) is 0 Å². The second-order valence-electron chi connectivity index (χ2n) is 3.28. The highest BCUT2D eigenvalue weighted by Gasteiger charge is 2.27. The average Bonchev–Trinajstić information content (AvgIpc) is 2.46. The molecule has 12 heavy (non-hydrogen) atoms. The highest BCUT2D eigenvalue weighted by atomic mass is 16.4. The van der Waals surface area contributed by atoms with Gasteiger partial charge in [-0.2, -0.15) is 0 Å². The smallest absolute Gasteiger partial charge is 0.350 e. The van der Waals surface area contributed by atoms with E-state index in [1.165, 1.54) is 5.57 Å². The van der Waals surface area contributed by atoms with E-state index in [2.05, 4.69) is 11.1 Å². The maximum atomic E-state index is 10.6. The number of aliphatic imine (C=N–C) groups is 1. The molecule has 3 nitrogen and oxygen atoms in total. The number of fused-ring (bicyclic) bond motifs is 1. The van der Waals surface area contributed by atoms with Gasteiger partial charge in [0.05, 0.1) is 6.04 Å². The Kier molecular flexibility index (Phi) is 1.71. The maximum absolute atomic E-state index is 10.6. The Hall–Kier alpha value is -1.12. The van der Waals surface area contributed by atoms with Gasteiger partial charge in [0, 0.05) is 6.42 Å². The number of carboxylic acid groups (broad SMARTS) is 1. The monoisotopic (exact) mass is 165 g/mol. The molecule has 0 saturated heterocycles. The van der Waals surface area contributed by atoms with Crippen LogP contribution in [0.15, 0.2) is 16.6 Å². The lowest BCUT2D eigenvalue weighted by molar-refractivity contribution is -0.129. The minimum Gasteiger partial charge on any atom is -0.477 e. The van der Waals surface area contributed by atoms with E-state index in [9.17, 15) is 4.79 Å². The molecule has 2 aliphatic rings. The number of carbonyl (C=O) groups is 1. The predicted octanol–water partition coefficient (Wildman–Crippen LogP) is 1.39. The lowest BCUT2D eigenvalue weighted by Gasteiger charge is -2.13. The van der Waals surface area contributed by atoms with Gasteiger partial charge in [0.1, 0.15) is 5.71 Å². The summed E-state index contributed by atoms with van der Waals surface area (Å²) in [6, 6.07) is 0.199. The molecule has 2 rings (SSSR count). The van der Waals surface area contributed by atoms with E-state index in [4.69, 9.17) is 5.11 Å². The van der Waals surface area contributed by atoms with Crippen LogP contribution in [0.4, 0.5) is 0 Å². The molecule has 1 unspecified atom stereocenters. The molecular weight excluding hydrogens is 154 g/mol. The summed E-state index contributed by atoms with van der Waals surface area (Å²) in [5.74, 6) is -0.856. The molecule has 0 aromatic heterocycles. The highest BCUT2D eigenvalue weighted by Crippen LogP contribution is 2.29. The van der Waals surface area contributed by atoms with Crippen LogP contribution in [0.5, 0.6) is 0 Å². The van der Waals surface area contributed by atoms with Crippen molar-refractivity contribution in [2.45, 2.75) is 31.7 Å². The van der Waals surface area contributed by atoms with Gasteiger partial charge in [0.15, 0.2) is 0 Å². The summed E-state index contributed by atoms with van der Waals surface area (Å²) in [6.07, 6.45) is 5.98. The van der Waals surface area contributed by atoms with Gasteiger partial charge in [0.25, 0.3) is 0 Å². The van der Waals surface area contributed by atoms with Gasteiger partial charge in [-0.05, 0) is 24.8 Å². The van der Waals surface area contributed by atoms with E-state index in [1.807, 2.05) is 0 Å². The summed E-state index contributed by atoms with van der Waals surface area (Å²) in [6.45, 7) is 0.